The molecule has 2 aromatic carbocycles. The molecule has 0 radical (unpaired) electrons. The van der Waals surface area contributed by atoms with Gasteiger partial charge in [0.05, 0.1) is 29.4 Å². The van der Waals surface area contributed by atoms with E-state index in [1.54, 1.807) is 7.11 Å². The largest absolute Gasteiger partial charge is 0.496 e. The molecule has 0 bridgehead atoms. The molecular formula is C21H20BrN5O3. The summed E-state index contributed by atoms with van der Waals surface area (Å²) in [5, 5.41) is 14.8. The smallest absolute Gasteiger partial charge is 0.174 e. The molecule has 0 saturated heterocycles. The molecule has 2 heterocycles. The minimum Gasteiger partial charge on any atom is -0.496 e. The van der Waals surface area contributed by atoms with Crippen molar-refractivity contribution in [2.45, 2.75) is 19.4 Å². The SMILES string of the molecule is COc1ccc2nc(COc3ccc(OCCCc4nn[nH]n4)cc3)ccc2c1Br. The predicted molar refractivity (Wildman–Crippen MR) is 115 cm³/mol. The molecule has 9 heteroatoms. The van der Waals surface area contributed by atoms with Crippen LogP contribution in [0.25, 0.3) is 10.9 Å². The lowest BCUT2D eigenvalue weighted by atomic mass is 10.2. The van der Waals surface area contributed by atoms with Gasteiger partial charge in [-0.05, 0) is 70.9 Å². The summed E-state index contributed by atoms with van der Waals surface area (Å²) in [5.41, 5.74) is 1.73. The predicted octanol–water partition coefficient (Wildman–Crippen LogP) is 4.11. The van der Waals surface area contributed by atoms with Crippen LogP contribution < -0.4 is 14.2 Å². The molecule has 154 valence electrons. The lowest BCUT2D eigenvalue weighted by molar-refractivity contribution is 0.296. The molecule has 1 N–H and O–H groups in total. The molecule has 0 fully saturated rings. The van der Waals surface area contributed by atoms with Gasteiger partial charge in [-0.25, -0.2) is 4.98 Å². The zero-order chi connectivity index (χ0) is 20.8. The minimum atomic E-state index is 0.379. The van der Waals surface area contributed by atoms with E-state index < -0.39 is 0 Å². The molecule has 0 atom stereocenters. The van der Waals surface area contributed by atoms with Crippen molar-refractivity contribution in [3.8, 4) is 17.2 Å². The number of aromatic nitrogens is 5. The Labute approximate surface area is 181 Å². The third kappa shape index (κ3) is 4.85. The van der Waals surface area contributed by atoms with Crippen LogP contribution in [0, 0.1) is 0 Å². The van der Waals surface area contributed by atoms with Gasteiger partial charge in [-0.1, -0.05) is 5.21 Å². The maximum absolute atomic E-state index is 5.86. The van der Waals surface area contributed by atoms with Crippen LogP contribution in [-0.2, 0) is 13.0 Å². The zero-order valence-corrected chi connectivity index (χ0v) is 17.9. The summed E-state index contributed by atoms with van der Waals surface area (Å²) >= 11 is 3.56. The van der Waals surface area contributed by atoms with E-state index in [9.17, 15) is 0 Å². The van der Waals surface area contributed by atoms with E-state index in [-0.39, 0.29) is 0 Å². The first-order chi connectivity index (χ1) is 14.7. The highest BCUT2D eigenvalue weighted by Gasteiger charge is 2.08. The third-order valence-corrected chi connectivity index (χ3v) is 5.28. The van der Waals surface area contributed by atoms with Crippen LogP contribution in [0.5, 0.6) is 17.2 Å². The number of ether oxygens (including phenoxy) is 3. The van der Waals surface area contributed by atoms with Crippen molar-refractivity contribution in [3.05, 3.63) is 64.5 Å². The van der Waals surface area contributed by atoms with Gasteiger partial charge in [0.25, 0.3) is 0 Å². The lowest BCUT2D eigenvalue weighted by Gasteiger charge is -2.10. The number of nitrogens with one attached hydrogen (secondary N) is 1. The van der Waals surface area contributed by atoms with Crippen molar-refractivity contribution in [3.63, 3.8) is 0 Å². The van der Waals surface area contributed by atoms with Crippen molar-refractivity contribution in [2.75, 3.05) is 13.7 Å². The molecular weight excluding hydrogens is 450 g/mol. The molecule has 30 heavy (non-hydrogen) atoms. The van der Waals surface area contributed by atoms with Gasteiger partial charge in [0.2, 0.25) is 0 Å². The number of rotatable bonds is 9. The molecule has 4 aromatic rings. The summed E-state index contributed by atoms with van der Waals surface area (Å²) in [6, 6.07) is 15.3. The zero-order valence-electron chi connectivity index (χ0n) is 16.3. The summed E-state index contributed by atoms with van der Waals surface area (Å²) in [6.45, 7) is 0.959. The number of aryl methyl sites for hydroxylation is 1. The second kappa shape index (κ2) is 9.53. The molecule has 2 aromatic heterocycles. The number of pyridine rings is 1. The molecule has 0 aliphatic heterocycles. The van der Waals surface area contributed by atoms with Gasteiger partial charge in [-0.3, -0.25) is 0 Å². The highest BCUT2D eigenvalue weighted by molar-refractivity contribution is 9.10. The first-order valence-electron chi connectivity index (χ1n) is 9.43. The quantitative estimate of drug-likeness (QED) is 0.368. The van der Waals surface area contributed by atoms with E-state index >= 15 is 0 Å². The van der Waals surface area contributed by atoms with Gasteiger partial charge >= 0.3 is 0 Å². The Morgan fingerprint density at radius 1 is 0.967 bits per heavy atom. The molecule has 0 unspecified atom stereocenters. The van der Waals surface area contributed by atoms with Gasteiger partial charge in [-0.2, -0.15) is 5.21 Å². The monoisotopic (exact) mass is 469 g/mol. The normalized spacial score (nSPS) is 10.9. The van der Waals surface area contributed by atoms with Gasteiger partial charge in [0, 0.05) is 11.8 Å². The Hall–Kier alpha value is -3.20. The van der Waals surface area contributed by atoms with Crippen molar-refractivity contribution in [1.82, 2.24) is 25.6 Å². The number of methoxy groups -OCH3 is 1. The number of fused-ring (bicyclic) bond motifs is 1. The fourth-order valence-electron chi connectivity index (χ4n) is 2.93. The topological polar surface area (TPSA) is 95.0 Å². The number of hydrogen-bond donors (Lipinski definition) is 1. The number of H-pyrrole nitrogens is 1. The molecule has 0 spiro atoms. The van der Waals surface area contributed by atoms with Crippen LogP contribution >= 0.6 is 15.9 Å². The van der Waals surface area contributed by atoms with E-state index in [2.05, 4.69) is 41.5 Å². The summed E-state index contributed by atoms with van der Waals surface area (Å²) in [5.74, 6) is 3.02. The maximum Gasteiger partial charge on any atom is 0.174 e. The van der Waals surface area contributed by atoms with Gasteiger partial charge in [0.1, 0.15) is 23.9 Å². The van der Waals surface area contributed by atoms with Crippen LogP contribution in [0.3, 0.4) is 0 Å². The Kier molecular flexibility index (Phi) is 6.38. The molecule has 0 saturated carbocycles. The van der Waals surface area contributed by atoms with Crippen molar-refractivity contribution < 1.29 is 14.2 Å². The van der Waals surface area contributed by atoms with Crippen LogP contribution in [0.1, 0.15) is 17.9 Å². The Balaban J connectivity index is 1.29. The summed E-state index contributed by atoms with van der Waals surface area (Å²) < 4.78 is 17.8. The molecule has 0 aliphatic carbocycles. The third-order valence-electron chi connectivity index (χ3n) is 4.46. The first kappa shape index (κ1) is 20.1. The summed E-state index contributed by atoms with van der Waals surface area (Å²) in [4.78, 5) is 4.66. The van der Waals surface area contributed by atoms with Crippen molar-refractivity contribution >= 4 is 26.8 Å². The number of hydrogen-bond acceptors (Lipinski definition) is 7. The first-order valence-corrected chi connectivity index (χ1v) is 10.2. The molecule has 4 rings (SSSR count). The van der Waals surface area contributed by atoms with Crippen LogP contribution in [0.4, 0.5) is 0 Å². The van der Waals surface area contributed by atoms with E-state index in [0.717, 1.165) is 51.2 Å². The van der Waals surface area contributed by atoms with Crippen LogP contribution in [0.2, 0.25) is 0 Å². The Bertz CT molecular complexity index is 1100. The Morgan fingerprint density at radius 2 is 1.77 bits per heavy atom. The van der Waals surface area contributed by atoms with E-state index in [1.807, 2.05) is 48.5 Å². The van der Waals surface area contributed by atoms with E-state index in [4.69, 9.17) is 14.2 Å². The van der Waals surface area contributed by atoms with Crippen LogP contribution in [0.15, 0.2) is 53.0 Å². The lowest BCUT2D eigenvalue weighted by Crippen LogP contribution is -2.01. The average molecular weight is 470 g/mol. The van der Waals surface area contributed by atoms with E-state index in [1.165, 1.54) is 0 Å². The summed E-state index contributed by atoms with van der Waals surface area (Å²) in [7, 11) is 1.65. The second-order valence-electron chi connectivity index (χ2n) is 6.49. The number of nitrogens with zero attached hydrogens (tertiary/aromatic N) is 4. The second-order valence-corrected chi connectivity index (χ2v) is 7.28. The fourth-order valence-corrected chi connectivity index (χ4v) is 3.56. The maximum atomic E-state index is 5.86. The standard InChI is InChI=1S/C21H20BrN5O3/c1-28-19-11-10-18-17(21(19)22)9-4-14(23-18)13-30-16-7-5-15(6-8-16)29-12-2-3-20-24-26-27-25-20/h4-11H,2-3,12-13H2,1H3,(H,24,25,26,27). The van der Waals surface area contributed by atoms with Crippen molar-refractivity contribution in [2.24, 2.45) is 0 Å². The van der Waals surface area contributed by atoms with Crippen LogP contribution in [-0.4, -0.2) is 39.3 Å². The highest BCUT2D eigenvalue weighted by atomic mass is 79.9. The highest BCUT2D eigenvalue weighted by Crippen LogP contribution is 2.32. The van der Waals surface area contributed by atoms with Gasteiger partial charge in [-0.15, -0.1) is 10.2 Å². The number of halogens is 1. The fraction of sp³-hybridized carbons (Fsp3) is 0.238. The Morgan fingerprint density at radius 3 is 2.50 bits per heavy atom. The van der Waals surface area contributed by atoms with Gasteiger partial charge < -0.3 is 14.2 Å². The molecule has 8 nitrogen and oxygen atoms in total. The van der Waals surface area contributed by atoms with Gasteiger partial charge in [0.15, 0.2) is 5.82 Å². The van der Waals surface area contributed by atoms with E-state index in [0.29, 0.717) is 19.0 Å². The molecule has 0 amide bonds. The average Bonchev–Trinajstić information content (AvgIpc) is 3.30. The molecule has 0 aliphatic rings. The number of aromatic amines is 1. The summed E-state index contributed by atoms with van der Waals surface area (Å²) in [6.07, 6.45) is 1.53. The van der Waals surface area contributed by atoms with Crippen molar-refractivity contribution in [1.29, 1.82) is 0 Å². The number of benzene rings is 2. The number of tetrazole rings is 1. The minimum absolute atomic E-state index is 0.379.